The number of hydrogen-bond acceptors (Lipinski definition) is 1. The molecule has 2 aromatic carbocycles. The van der Waals surface area contributed by atoms with Crippen LogP contribution in [0.4, 0.5) is 0 Å². The molecular formula is C19H21ClO. The molecule has 1 unspecified atom stereocenters. The Hall–Kier alpha value is -1.47. The van der Waals surface area contributed by atoms with Crippen molar-refractivity contribution in [2.24, 2.45) is 0 Å². The summed E-state index contributed by atoms with van der Waals surface area (Å²) in [6, 6.07) is 14.8. The first-order valence-corrected chi connectivity index (χ1v) is 7.89. The minimum Gasteiger partial charge on any atom is -0.487 e. The molecule has 2 heteroatoms. The average Bonchev–Trinajstić information content (AvgIpc) is 2.74. The molecular weight excluding hydrogens is 280 g/mol. The minimum atomic E-state index is -0.0984. The molecule has 0 saturated heterocycles. The van der Waals surface area contributed by atoms with E-state index in [1.807, 2.05) is 0 Å². The summed E-state index contributed by atoms with van der Waals surface area (Å²) in [5.41, 5.74) is 4.97. The number of ether oxygens (including phenoxy) is 1. The van der Waals surface area contributed by atoms with Gasteiger partial charge in [-0.05, 0) is 55.5 Å². The second kappa shape index (κ2) is 5.38. The lowest BCUT2D eigenvalue weighted by molar-refractivity contribution is 0.138. The molecule has 0 amide bonds. The van der Waals surface area contributed by atoms with E-state index in [0.29, 0.717) is 0 Å². The van der Waals surface area contributed by atoms with Gasteiger partial charge in [-0.1, -0.05) is 36.4 Å². The molecule has 110 valence electrons. The largest absolute Gasteiger partial charge is 0.487 e. The van der Waals surface area contributed by atoms with Gasteiger partial charge in [0, 0.05) is 6.42 Å². The third-order valence-corrected chi connectivity index (χ3v) is 4.52. The third-order valence-electron chi connectivity index (χ3n) is 4.11. The van der Waals surface area contributed by atoms with Gasteiger partial charge in [0.05, 0.1) is 5.38 Å². The number of fused-ring (bicyclic) bond motifs is 1. The number of halogens is 1. The summed E-state index contributed by atoms with van der Waals surface area (Å²) in [5, 5.41) is 0.000104. The molecule has 0 aromatic heterocycles. The van der Waals surface area contributed by atoms with Crippen molar-refractivity contribution in [1.29, 1.82) is 0 Å². The first kappa shape index (κ1) is 14.5. The molecule has 1 aliphatic rings. The van der Waals surface area contributed by atoms with E-state index in [2.05, 4.69) is 63.2 Å². The van der Waals surface area contributed by atoms with Crippen LogP contribution in [0, 0.1) is 6.92 Å². The summed E-state index contributed by atoms with van der Waals surface area (Å²) >= 11 is 6.64. The van der Waals surface area contributed by atoms with Crippen LogP contribution in [0.2, 0.25) is 0 Å². The van der Waals surface area contributed by atoms with Gasteiger partial charge in [0.15, 0.2) is 0 Å². The Morgan fingerprint density at radius 1 is 1.19 bits per heavy atom. The number of rotatable bonds is 3. The highest BCUT2D eigenvalue weighted by Gasteiger charge is 2.30. The van der Waals surface area contributed by atoms with E-state index >= 15 is 0 Å². The zero-order chi connectivity index (χ0) is 15.0. The molecule has 1 atom stereocenters. The van der Waals surface area contributed by atoms with Gasteiger partial charge in [-0.2, -0.15) is 0 Å². The Labute approximate surface area is 131 Å². The summed E-state index contributed by atoms with van der Waals surface area (Å²) in [7, 11) is 0. The molecule has 0 saturated carbocycles. The zero-order valence-corrected chi connectivity index (χ0v) is 13.6. The Morgan fingerprint density at radius 2 is 1.95 bits per heavy atom. The van der Waals surface area contributed by atoms with E-state index in [1.165, 1.54) is 22.3 Å². The van der Waals surface area contributed by atoms with E-state index < -0.39 is 0 Å². The molecule has 21 heavy (non-hydrogen) atoms. The normalized spacial score (nSPS) is 17.1. The molecule has 0 N–H and O–H groups in total. The van der Waals surface area contributed by atoms with E-state index in [4.69, 9.17) is 16.3 Å². The highest BCUT2D eigenvalue weighted by atomic mass is 35.5. The van der Waals surface area contributed by atoms with E-state index in [1.54, 1.807) is 0 Å². The molecule has 0 fully saturated rings. The summed E-state index contributed by atoms with van der Waals surface area (Å²) in [4.78, 5) is 0. The fraction of sp³-hybridized carbons (Fsp3) is 0.368. The lowest BCUT2D eigenvalue weighted by Gasteiger charge is -2.16. The second-order valence-corrected chi connectivity index (χ2v) is 7.03. The van der Waals surface area contributed by atoms with Crippen LogP contribution in [0.25, 0.3) is 0 Å². The Kier molecular flexibility index (Phi) is 3.71. The first-order valence-electron chi connectivity index (χ1n) is 7.45. The van der Waals surface area contributed by atoms with Crippen molar-refractivity contribution in [3.63, 3.8) is 0 Å². The van der Waals surface area contributed by atoms with Crippen LogP contribution in [-0.4, -0.2) is 5.60 Å². The lowest BCUT2D eigenvalue weighted by atomic mass is 9.96. The van der Waals surface area contributed by atoms with Gasteiger partial charge in [0.2, 0.25) is 0 Å². The van der Waals surface area contributed by atoms with Gasteiger partial charge in [0.1, 0.15) is 11.4 Å². The standard InChI is InChI=1S/C19H21ClO/c1-13-6-4-5-7-14(13)11-17(20)15-8-9-18-16(10-15)12-19(2,3)21-18/h4-10,17H,11-12H2,1-3H3. The Bertz CT molecular complexity index is 660. The van der Waals surface area contributed by atoms with Crippen molar-refractivity contribution in [1.82, 2.24) is 0 Å². The van der Waals surface area contributed by atoms with Gasteiger partial charge >= 0.3 is 0 Å². The molecule has 3 rings (SSSR count). The second-order valence-electron chi connectivity index (χ2n) is 6.50. The molecule has 1 nitrogen and oxygen atoms in total. The SMILES string of the molecule is Cc1ccccc1CC(Cl)c1ccc2c(c1)CC(C)(C)O2. The maximum absolute atomic E-state index is 6.64. The Balaban J connectivity index is 1.81. The molecule has 0 spiro atoms. The molecule has 0 bridgehead atoms. The summed E-state index contributed by atoms with van der Waals surface area (Å²) < 4.78 is 5.92. The maximum Gasteiger partial charge on any atom is 0.123 e. The summed E-state index contributed by atoms with van der Waals surface area (Å²) in [6.45, 7) is 6.38. The molecule has 2 aromatic rings. The van der Waals surface area contributed by atoms with Crippen LogP contribution < -0.4 is 4.74 Å². The topological polar surface area (TPSA) is 9.23 Å². The Morgan fingerprint density at radius 3 is 2.71 bits per heavy atom. The molecule has 1 heterocycles. The fourth-order valence-corrected chi connectivity index (χ4v) is 3.28. The van der Waals surface area contributed by atoms with Gasteiger partial charge < -0.3 is 4.74 Å². The van der Waals surface area contributed by atoms with Crippen LogP contribution in [0.3, 0.4) is 0 Å². The van der Waals surface area contributed by atoms with Gasteiger partial charge in [-0.25, -0.2) is 0 Å². The van der Waals surface area contributed by atoms with Crippen LogP contribution in [0.5, 0.6) is 5.75 Å². The highest BCUT2D eigenvalue weighted by Crippen LogP contribution is 2.37. The minimum absolute atomic E-state index is 0.000104. The number of aryl methyl sites for hydroxylation is 1. The third kappa shape index (κ3) is 3.08. The predicted molar refractivity (Wildman–Crippen MR) is 88.3 cm³/mol. The highest BCUT2D eigenvalue weighted by molar-refractivity contribution is 6.21. The van der Waals surface area contributed by atoms with Gasteiger partial charge in [-0.15, -0.1) is 11.6 Å². The zero-order valence-electron chi connectivity index (χ0n) is 12.8. The monoisotopic (exact) mass is 300 g/mol. The molecule has 0 aliphatic carbocycles. The van der Waals surface area contributed by atoms with Crippen molar-refractivity contribution >= 4 is 11.6 Å². The summed E-state index contributed by atoms with van der Waals surface area (Å²) in [6.07, 6.45) is 1.81. The smallest absolute Gasteiger partial charge is 0.123 e. The lowest BCUT2D eigenvalue weighted by Crippen LogP contribution is -2.24. The predicted octanol–water partition coefficient (Wildman–Crippen LogP) is 5.23. The van der Waals surface area contributed by atoms with Crippen LogP contribution >= 0.6 is 11.6 Å². The van der Waals surface area contributed by atoms with Crippen LogP contribution in [0.1, 0.15) is 41.5 Å². The molecule has 1 aliphatic heterocycles. The van der Waals surface area contributed by atoms with Crippen LogP contribution in [0.15, 0.2) is 42.5 Å². The van der Waals surface area contributed by atoms with Gasteiger partial charge in [0.25, 0.3) is 0 Å². The van der Waals surface area contributed by atoms with Crippen molar-refractivity contribution in [3.8, 4) is 5.75 Å². The average molecular weight is 301 g/mol. The van der Waals surface area contributed by atoms with Crippen molar-refractivity contribution < 1.29 is 4.74 Å². The number of benzene rings is 2. The number of hydrogen-bond donors (Lipinski definition) is 0. The van der Waals surface area contributed by atoms with Crippen molar-refractivity contribution in [2.75, 3.05) is 0 Å². The number of alkyl halides is 1. The summed E-state index contributed by atoms with van der Waals surface area (Å²) in [5.74, 6) is 1.00. The van der Waals surface area contributed by atoms with Crippen LogP contribution in [-0.2, 0) is 12.8 Å². The quantitative estimate of drug-likeness (QED) is 0.705. The van der Waals surface area contributed by atoms with Gasteiger partial charge in [-0.3, -0.25) is 0 Å². The van der Waals surface area contributed by atoms with E-state index in [0.717, 1.165) is 18.6 Å². The van der Waals surface area contributed by atoms with Crippen molar-refractivity contribution in [3.05, 3.63) is 64.7 Å². The fourth-order valence-electron chi connectivity index (χ4n) is 2.97. The maximum atomic E-state index is 6.64. The first-order chi connectivity index (χ1) is 9.94. The van der Waals surface area contributed by atoms with E-state index in [9.17, 15) is 0 Å². The molecule has 0 radical (unpaired) electrons. The van der Waals surface area contributed by atoms with E-state index in [-0.39, 0.29) is 11.0 Å². The van der Waals surface area contributed by atoms with Crippen molar-refractivity contribution in [2.45, 2.75) is 44.6 Å².